The highest BCUT2D eigenvalue weighted by Gasteiger charge is 2.18. The highest BCUT2D eigenvalue weighted by atomic mass is 16.5. The van der Waals surface area contributed by atoms with E-state index < -0.39 is 0 Å². The number of rotatable bonds is 5. The van der Waals surface area contributed by atoms with Crippen LogP contribution in [0.5, 0.6) is 5.75 Å². The summed E-state index contributed by atoms with van der Waals surface area (Å²) in [6.07, 6.45) is 1.30. The monoisotopic (exact) mass is 249 g/mol. The van der Waals surface area contributed by atoms with E-state index in [0.717, 1.165) is 36.1 Å². The molecule has 1 saturated heterocycles. The second-order valence-electron chi connectivity index (χ2n) is 5.19. The van der Waals surface area contributed by atoms with E-state index in [2.05, 4.69) is 22.2 Å². The second-order valence-corrected chi connectivity index (χ2v) is 5.19. The van der Waals surface area contributed by atoms with Gasteiger partial charge in [-0.05, 0) is 39.4 Å². The minimum atomic E-state index is 0.779. The number of aryl methyl sites for hydroxylation is 1. The smallest absolute Gasteiger partial charge is 0.122 e. The van der Waals surface area contributed by atoms with Gasteiger partial charge in [0.25, 0.3) is 0 Å². The molecule has 0 spiro atoms. The summed E-state index contributed by atoms with van der Waals surface area (Å²) in [5.74, 6) is 1.67. The van der Waals surface area contributed by atoms with Crippen molar-refractivity contribution in [3.05, 3.63) is 23.5 Å². The van der Waals surface area contributed by atoms with Gasteiger partial charge in [0.2, 0.25) is 0 Å². The number of methoxy groups -OCH3 is 1. The molecule has 1 unspecified atom stereocenters. The number of nitrogens with one attached hydrogen (secondary N) is 1. The topological polar surface area (TPSA) is 37.4 Å². The Morgan fingerprint density at radius 2 is 2.33 bits per heavy atom. The average Bonchev–Trinajstić information content (AvgIpc) is 2.74. The van der Waals surface area contributed by atoms with E-state index in [0.29, 0.717) is 0 Å². The van der Waals surface area contributed by atoms with Gasteiger partial charge in [0, 0.05) is 30.9 Å². The zero-order valence-corrected chi connectivity index (χ0v) is 11.6. The molecule has 1 aromatic rings. The molecule has 1 aliphatic rings. The van der Waals surface area contributed by atoms with Gasteiger partial charge in [0.1, 0.15) is 5.75 Å². The Bertz CT molecular complexity index is 395. The minimum absolute atomic E-state index is 0.779. The van der Waals surface area contributed by atoms with Crippen LogP contribution in [0.15, 0.2) is 12.1 Å². The molecule has 1 N–H and O–H groups in total. The lowest BCUT2D eigenvalue weighted by atomic mass is 10.1. The fourth-order valence-electron chi connectivity index (χ4n) is 2.51. The lowest BCUT2D eigenvalue weighted by molar-refractivity contribution is 0.387. The molecule has 1 aliphatic heterocycles. The molecule has 1 aromatic heterocycles. The van der Waals surface area contributed by atoms with Crippen LogP contribution in [0.1, 0.15) is 17.8 Å². The lowest BCUT2D eigenvalue weighted by Gasteiger charge is -2.12. The van der Waals surface area contributed by atoms with E-state index >= 15 is 0 Å². The maximum Gasteiger partial charge on any atom is 0.122 e. The van der Waals surface area contributed by atoms with Crippen molar-refractivity contribution >= 4 is 0 Å². The summed E-state index contributed by atoms with van der Waals surface area (Å²) < 4.78 is 5.26. The maximum atomic E-state index is 5.26. The van der Waals surface area contributed by atoms with Crippen LogP contribution in [0.4, 0.5) is 0 Å². The first-order chi connectivity index (χ1) is 8.67. The predicted molar refractivity (Wildman–Crippen MR) is 72.8 cm³/mol. The molecule has 4 heteroatoms. The molecular formula is C14H23N3O. The summed E-state index contributed by atoms with van der Waals surface area (Å²) in [5, 5.41) is 3.50. The van der Waals surface area contributed by atoms with Crippen LogP contribution >= 0.6 is 0 Å². The number of ether oxygens (including phenoxy) is 1. The van der Waals surface area contributed by atoms with Crippen molar-refractivity contribution in [1.82, 2.24) is 15.2 Å². The van der Waals surface area contributed by atoms with Gasteiger partial charge in [0.05, 0.1) is 12.8 Å². The molecule has 2 rings (SSSR count). The van der Waals surface area contributed by atoms with E-state index in [1.54, 1.807) is 7.11 Å². The van der Waals surface area contributed by atoms with Crippen molar-refractivity contribution < 1.29 is 4.74 Å². The van der Waals surface area contributed by atoms with Crippen LogP contribution in [0.3, 0.4) is 0 Å². The number of aromatic nitrogens is 1. The van der Waals surface area contributed by atoms with Crippen LogP contribution in [0.2, 0.25) is 0 Å². The summed E-state index contributed by atoms with van der Waals surface area (Å²) >= 11 is 0. The van der Waals surface area contributed by atoms with Crippen molar-refractivity contribution in [3.8, 4) is 5.75 Å². The van der Waals surface area contributed by atoms with Crippen molar-refractivity contribution in [2.45, 2.75) is 19.9 Å². The SMILES string of the molecule is COc1cc(C)nc(CNCC2CCN(C)C2)c1. The molecule has 4 nitrogen and oxygen atoms in total. The zero-order chi connectivity index (χ0) is 13.0. The zero-order valence-electron chi connectivity index (χ0n) is 11.6. The third kappa shape index (κ3) is 3.68. The van der Waals surface area contributed by atoms with Gasteiger partial charge in [-0.15, -0.1) is 0 Å². The third-order valence-electron chi connectivity index (χ3n) is 3.44. The highest BCUT2D eigenvalue weighted by Crippen LogP contribution is 2.15. The maximum absolute atomic E-state index is 5.26. The summed E-state index contributed by atoms with van der Waals surface area (Å²) in [6.45, 7) is 6.32. The van der Waals surface area contributed by atoms with Gasteiger partial charge < -0.3 is 15.0 Å². The summed E-state index contributed by atoms with van der Waals surface area (Å²) in [7, 11) is 3.88. The van der Waals surface area contributed by atoms with Crippen LogP contribution in [-0.4, -0.2) is 43.7 Å². The molecule has 0 aromatic carbocycles. The molecular weight excluding hydrogens is 226 g/mol. The predicted octanol–water partition coefficient (Wildman–Crippen LogP) is 1.44. The Labute approximate surface area is 109 Å². The van der Waals surface area contributed by atoms with Crippen LogP contribution in [0.25, 0.3) is 0 Å². The number of likely N-dealkylation sites (tertiary alicyclic amines) is 1. The Kier molecular flexibility index (Phi) is 4.55. The molecule has 2 heterocycles. The van der Waals surface area contributed by atoms with E-state index in [4.69, 9.17) is 4.74 Å². The molecule has 0 saturated carbocycles. The highest BCUT2D eigenvalue weighted by molar-refractivity contribution is 5.26. The first-order valence-corrected chi connectivity index (χ1v) is 6.58. The molecule has 0 aliphatic carbocycles. The molecule has 0 amide bonds. The second kappa shape index (κ2) is 6.16. The Morgan fingerprint density at radius 1 is 1.50 bits per heavy atom. The Balaban J connectivity index is 1.81. The largest absolute Gasteiger partial charge is 0.497 e. The van der Waals surface area contributed by atoms with Gasteiger partial charge in [-0.25, -0.2) is 0 Å². The third-order valence-corrected chi connectivity index (χ3v) is 3.44. The molecule has 100 valence electrons. The summed E-state index contributed by atoms with van der Waals surface area (Å²) in [4.78, 5) is 6.90. The van der Waals surface area contributed by atoms with Crippen molar-refractivity contribution in [1.29, 1.82) is 0 Å². The van der Waals surface area contributed by atoms with Gasteiger partial charge in [-0.3, -0.25) is 4.98 Å². The first kappa shape index (κ1) is 13.3. The van der Waals surface area contributed by atoms with Gasteiger partial charge in [-0.2, -0.15) is 0 Å². The quantitative estimate of drug-likeness (QED) is 0.857. The Hall–Kier alpha value is -1.13. The molecule has 0 bridgehead atoms. The Morgan fingerprint density at radius 3 is 3.00 bits per heavy atom. The van der Waals surface area contributed by atoms with Crippen LogP contribution in [-0.2, 0) is 6.54 Å². The molecule has 18 heavy (non-hydrogen) atoms. The molecule has 1 atom stereocenters. The number of pyridine rings is 1. The lowest BCUT2D eigenvalue weighted by Crippen LogP contribution is -2.25. The fourth-order valence-corrected chi connectivity index (χ4v) is 2.51. The van der Waals surface area contributed by atoms with E-state index in [-0.39, 0.29) is 0 Å². The average molecular weight is 249 g/mol. The van der Waals surface area contributed by atoms with E-state index in [1.165, 1.54) is 19.5 Å². The normalized spacial score (nSPS) is 20.3. The first-order valence-electron chi connectivity index (χ1n) is 6.58. The van der Waals surface area contributed by atoms with Gasteiger partial charge in [0.15, 0.2) is 0 Å². The van der Waals surface area contributed by atoms with Crippen molar-refractivity contribution in [3.63, 3.8) is 0 Å². The molecule has 0 radical (unpaired) electrons. The number of hydrogen-bond acceptors (Lipinski definition) is 4. The van der Waals surface area contributed by atoms with Gasteiger partial charge >= 0.3 is 0 Å². The standard InChI is InChI=1S/C14H23N3O/c1-11-6-14(18-3)7-13(16-11)9-15-8-12-4-5-17(2)10-12/h6-7,12,15H,4-5,8-10H2,1-3H3. The van der Waals surface area contributed by atoms with Crippen LogP contribution in [0, 0.1) is 12.8 Å². The van der Waals surface area contributed by atoms with E-state index in [1.807, 2.05) is 19.1 Å². The van der Waals surface area contributed by atoms with Crippen LogP contribution < -0.4 is 10.1 Å². The minimum Gasteiger partial charge on any atom is -0.497 e. The van der Waals surface area contributed by atoms with E-state index in [9.17, 15) is 0 Å². The van der Waals surface area contributed by atoms with Gasteiger partial charge in [-0.1, -0.05) is 0 Å². The summed E-state index contributed by atoms with van der Waals surface area (Å²) in [5.41, 5.74) is 2.06. The fraction of sp³-hybridized carbons (Fsp3) is 0.643. The number of hydrogen-bond donors (Lipinski definition) is 1. The number of nitrogens with zero attached hydrogens (tertiary/aromatic N) is 2. The van der Waals surface area contributed by atoms with Crippen molar-refractivity contribution in [2.75, 3.05) is 33.8 Å². The summed E-state index contributed by atoms with van der Waals surface area (Å²) in [6, 6.07) is 3.95. The molecule has 1 fully saturated rings. The van der Waals surface area contributed by atoms with Crippen molar-refractivity contribution in [2.24, 2.45) is 5.92 Å².